The van der Waals surface area contributed by atoms with E-state index in [9.17, 15) is 9.18 Å². The minimum absolute atomic E-state index is 0.303. The molecule has 0 bridgehead atoms. The van der Waals surface area contributed by atoms with Crippen molar-refractivity contribution < 1.29 is 9.18 Å². The number of rotatable bonds is 3. The van der Waals surface area contributed by atoms with Crippen molar-refractivity contribution in [3.8, 4) is 0 Å². The van der Waals surface area contributed by atoms with Crippen LogP contribution < -0.4 is 10.2 Å². The van der Waals surface area contributed by atoms with Crippen LogP contribution in [0.4, 0.5) is 15.9 Å². The van der Waals surface area contributed by atoms with E-state index >= 15 is 0 Å². The van der Waals surface area contributed by atoms with Gasteiger partial charge >= 0.3 is 0 Å². The predicted molar refractivity (Wildman–Crippen MR) is 87.0 cm³/mol. The maximum atomic E-state index is 12.9. The fourth-order valence-electron chi connectivity index (χ4n) is 2.77. The average Bonchev–Trinajstić information content (AvgIpc) is 2.57. The lowest BCUT2D eigenvalue weighted by Gasteiger charge is -2.31. The maximum absolute atomic E-state index is 12.9. The smallest absolute Gasteiger partial charge is 0.274 e. The Morgan fingerprint density at radius 1 is 1.30 bits per heavy atom. The molecule has 0 saturated carbocycles. The van der Waals surface area contributed by atoms with E-state index in [-0.39, 0.29) is 11.7 Å². The van der Waals surface area contributed by atoms with Crippen LogP contribution in [0, 0.1) is 11.7 Å². The Morgan fingerprint density at radius 3 is 2.83 bits per heavy atom. The van der Waals surface area contributed by atoms with Crippen LogP contribution in [-0.2, 0) is 0 Å². The van der Waals surface area contributed by atoms with Gasteiger partial charge in [-0.1, -0.05) is 6.92 Å². The minimum Gasteiger partial charge on any atom is -0.356 e. The van der Waals surface area contributed by atoms with E-state index < -0.39 is 0 Å². The summed E-state index contributed by atoms with van der Waals surface area (Å²) in [5, 5.41) is 2.71. The lowest BCUT2D eigenvalue weighted by molar-refractivity contribution is 0.102. The van der Waals surface area contributed by atoms with Gasteiger partial charge in [-0.25, -0.2) is 14.4 Å². The fraction of sp³-hybridized carbons (Fsp3) is 0.353. The van der Waals surface area contributed by atoms with Crippen molar-refractivity contribution in [1.29, 1.82) is 0 Å². The molecule has 1 aromatic heterocycles. The van der Waals surface area contributed by atoms with E-state index in [1.807, 2.05) is 0 Å². The molecular weight excluding hydrogens is 295 g/mol. The van der Waals surface area contributed by atoms with Gasteiger partial charge in [0.2, 0.25) is 0 Å². The summed E-state index contributed by atoms with van der Waals surface area (Å²) in [6, 6.07) is 7.34. The highest BCUT2D eigenvalue weighted by atomic mass is 19.1. The van der Waals surface area contributed by atoms with E-state index in [0.29, 0.717) is 17.3 Å². The average molecular weight is 314 g/mol. The second-order valence-corrected chi connectivity index (χ2v) is 5.92. The molecule has 0 radical (unpaired) electrons. The molecular formula is C17H19FN4O. The van der Waals surface area contributed by atoms with E-state index in [0.717, 1.165) is 25.3 Å². The van der Waals surface area contributed by atoms with Crippen molar-refractivity contribution in [2.75, 3.05) is 23.3 Å². The summed E-state index contributed by atoms with van der Waals surface area (Å²) >= 11 is 0. The highest BCUT2D eigenvalue weighted by Crippen LogP contribution is 2.21. The van der Waals surface area contributed by atoms with Gasteiger partial charge in [-0.3, -0.25) is 4.79 Å². The van der Waals surface area contributed by atoms with Crippen molar-refractivity contribution in [2.45, 2.75) is 19.8 Å². The van der Waals surface area contributed by atoms with Crippen molar-refractivity contribution in [3.05, 3.63) is 48.2 Å². The van der Waals surface area contributed by atoms with Gasteiger partial charge in [0.05, 0.1) is 0 Å². The first-order chi connectivity index (χ1) is 11.1. The predicted octanol–water partition coefficient (Wildman–Crippen LogP) is 3.10. The first-order valence-corrected chi connectivity index (χ1v) is 7.76. The fourth-order valence-corrected chi connectivity index (χ4v) is 2.77. The van der Waals surface area contributed by atoms with Gasteiger partial charge in [-0.05, 0) is 43.0 Å². The van der Waals surface area contributed by atoms with E-state index in [2.05, 4.69) is 27.1 Å². The number of carbonyl (C=O) groups is 1. The number of hydrogen-bond acceptors (Lipinski definition) is 4. The Kier molecular flexibility index (Phi) is 4.50. The number of halogens is 1. The Bertz CT molecular complexity index is 689. The number of carbonyl (C=O) groups excluding carboxylic acids is 1. The number of nitrogens with zero attached hydrogens (tertiary/aromatic N) is 3. The minimum atomic E-state index is -0.341. The van der Waals surface area contributed by atoms with Gasteiger partial charge in [0, 0.05) is 24.8 Å². The molecule has 1 amide bonds. The van der Waals surface area contributed by atoms with Gasteiger partial charge in [-0.15, -0.1) is 0 Å². The molecule has 1 aliphatic rings. The zero-order valence-corrected chi connectivity index (χ0v) is 13.0. The van der Waals surface area contributed by atoms with Gasteiger partial charge in [0.1, 0.15) is 23.7 Å². The normalized spacial score (nSPS) is 17.8. The quantitative estimate of drug-likeness (QED) is 0.946. The summed E-state index contributed by atoms with van der Waals surface area (Å²) in [6.45, 7) is 4.10. The molecule has 1 saturated heterocycles. The molecule has 1 aromatic carbocycles. The Morgan fingerprint density at radius 2 is 2.09 bits per heavy atom. The van der Waals surface area contributed by atoms with Gasteiger partial charge in [0.15, 0.2) is 0 Å². The SMILES string of the molecule is CC1CCCN(c2cc(C(=O)Nc3ccc(F)cc3)ncn2)C1. The number of hydrogen-bond donors (Lipinski definition) is 1. The van der Waals surface area contributed by atoms with Crippen molar-refractivity contribution in [1.82, 2.24) is 9.97 Å². The Labute approximate surface area is 134 Å². The summed E-state index contributed by atoms with van der Waals surface area (Å²) in [7, 11) is 0. The van der Waals surface area contributed by atoms with E-state index in [4.69, 9.17) is 0 Å². The summed E-state index contributed by atoms with van der Waals surface area (Å²) in [5.41, 5.74) is 0.834. The molecule has 0 aliphatic carbocycles. The molecule has 2 heterocycles. The van der Waals surface area contributed by atoms with Crippen LogP contribution in [0.25, 0.3) is 0 Å². The number of piperidine rings is 1. The van der Waals surface area contributed by atoms with Crippen LogP contribution in [0.15, 0.2) is 36.7 Å². The van der Waals surface area contributed by atoms with E-state index in [1.54, 1.807) is 6.07 Å². The van der Waals surface area contributed by atoms with Crippen LogP contribution in [0.3, 0.4) is 0 Å². The third-order valence-electron chi connectivity index (χ3n) is 3.97. The zero-order valence-electron chi connectivity index (χ0n) is 13.0. The molecule has 0 spiro atoms. The Balaban J connectivity index is 1.73. The first-order valence-electron chi connectivity index (χ1n) is 7.76. The van der Waals surface area contributed by atoms with Crippen LogP contribution in [0.1, 0.15) is 30.3 Å². The lowest BCUT2D eigenvalue weighted by Crippen LogP contribution is -2.35. The van der Waals surface area contributed by atoms with Crippen molar-refractivity contribution in [3.63, 3.8) is 0 Å². The van der Waals surface area contributed by atoms with Crippen LogP contribution >= 0.6 is 0 Å². The van der Waals surface area contributed by atoms with Crippen molar-refractivity contribution in [2.24, 2.45) is 5.92 Å². The second-order valence-electron chi connectivity index (χ2n) is 5.92. The topological polar surface area (TPSA) is 58.1 Å². The summed E-state index contributed by atoms with van der Waals surface area (Å²) in [5.74, 6) is 0.725. The number of aromatic nitrogens is 2. The highest BCUT2D eigenvalue weighted by molar-refractivity contribution is 6.03. The monoisotopic (exact) mass is 314 g/mol. The third-order valence-corrected chi connectivity index (χ3v) is 3.97. The second kappa shape index (κ2) is 6.73. The van der Waals surface area contributed by atoms with Gasteiger partial charge in [-0.2, -0.15) is 0 Å². The Hall–Kier alpha value is -2.50. The molecule has 6 heteroatoms. The van der Waals surface area contributed by atoms with Crippen LogP contribution in [0.2, 0.25) is 0 Å². The number of nitrogens with one attached hydrogen (secondary N) is 1. The number of anilines is 2. The number of benzene rings is 1. The molecule has 1 N–H and O–H groups in total. The van der Waals surface area contributed by atoms with Gasteiger partial charge in [0.25, 0.3) is 5.91 Å². The standard InChI is InChI=1S/C17H19FN4O/c1-12-3-2-8-22(10-12)16-9-15(19-11-20-16)17(23)21-14-6-4-13(18)5-7-14/h4-7,9,11-12H,2-3,8,10H2,1H3,(H,21,23). The molecule has 2 aromatic rings. The summed E-state index contributed by atoms with van der Waals surface area (Å²) < 4.78 is 12.9. The van der Waals surface area contributed by atoms with E-state index in [1.165, 1.54) is 37.0 Å². The molecule has 1 atom stereocenters. The largest absolute Gasteiger partial charge is 0.356 e. The van der Waals surface area contributed by atoms with Crippen LogP contribution in [-0.4, -0.2) is 29.0 Å². The molecule has 120 valence electrons. The molecule has 3 rings (SSSR count). The molecule has 1 aliphatic heterocycles. The molecule has 1 unspecified atom stereocenters. The van der Waals surface area contributed by atoms with Gasteiger partial charge < -0.3 is 10.2 Å². The summed E-state index contributed by atoms with van der Waals surface area (Å²) in [6.07, 6.45) is 3.76. The molecule has 5 nitrogen and oxygen atoms in total. The zero-order chi connectivity index (χ0) is 16.2. The maximum Gasteiger partial charge on any atom is 0.274 e. The summed E-state index contributed by atoms with van der Waals surface area (Å²) in [4.78, 5) is 22.8. The molecule has 23 heavy (non-hydrogen) atoms. The number of amides is 1. The molecule has 1 fully saturated rings. The van der Waals surface area contributed by atoms with Crippen molar-refractivity contribution >= 4 is 17.4 Å². The lowest BCUT2D eigenvalue weighted by atomic mass is 10.0. The first kappa shape index (κ1) is 15.4. The van der Waals surface area contributed by atoms with Crippen LogP contribution in [0.5, 0.6) is 0 Å². The third kappa shape index (κ3) is 3.83. The highest BCUT2D eigenvalue weighted by Gasteiger charge is 2.19.